The van der Waals surface area contributed by atoms with E-state index in [0.717, 1.165) is 0 Å². The molecule has 2 aromatic rings. The Balaban J connectivity index is 2.33. The van der Waals surface area contributed by atoms with Gasteiger partial charge < -0.3 is 10.1 Å². The molecule has 0 bridgehead atoms. The van der Waals surface area contributed by atoms with Gasteiger partial charge in [0, 0.05) is 17.3 Å². The van der Waals surface area contributed by atoms with Crippen molar-refractivity contribution in [1.82, 2.24) is 4.98 Å². The number of rotatable bonds is 2. The molecule has 7 heteroatoms. The van der Waals surface area contributed by atoms with Gasteiger partial charge in [-0.2, -0.15) is 5.26 Å². The van der Waals surface area contributed by atoms with Crippen LogP contribution in [0.1, 0.15) is 24.0 Å². The molecule has 1 aromatic heterocycles. The molecule has 0 spiro atoms. The zero-order chi connectivity index (χ0) is 17.4. The molecule has 0 saturated heterocycles. The first-order chi connectivity index (χ1) is 11.5. The Morgan fingerprint density at radius 2 is 2.12 bits per heavy atom. The number of hydrogen-bond acceptors (Lipinski definition) is 4. The van der Waals surface area contributed by atoms with E-state index in [-0.39, 0.29) is 17.3 Å². The summed E-state index contributed by atoms with van der Waals surface area (Å²) in [5.41, 5.74) is 2.72. The zero-order valence-electron chi connectivity index (χ0n) is 12.9. The maximum Gasteiger partial charge on any atom is 0.252 e. The minimum atomic E-state index is -0.477. The number of hydrogen-bond donors (Lipinski definition) is 2. The molecule has 2 heterocycles. The van der Waals surface area contributed by atoms with E-state index in [0.29, 0.717) is 32.6 Å². The number of ether oxygens (including phenoxy) is 1. The van der Waals surface area contributed by atoms with Crippen molar-refractivity contribution in [3.05, 3.63) is 67.3 Å². The summed E-state index contributed by atoms with van der Waals surface area (Å²) in [6, 6.07) is 8.21. The van der Waals surface area contributed by atoms with Crippen molar-refractivity contribution in [2.75, 3.05) is 12.4 Å². The van der Waals surface area contributed by atoms with E-state index in [1.54, 1.807) is 19.1 Å². The summed E-state index contributed by atoms with van der Waals surface area (Å²) >= 11 is 3.18. The fourth-order valence-electron chi connectivity index (χ4n) is 2.90. The predicted molar refractivity (Wildman–Crippen MR) is 91.5 cm³/mol. The lowest BCUT2D eigenvalue weighted by Crippen LogP contribution is -2.21. The highest BCUT2D eigenvalue weighted by molar-refractivity contribution is 9.10. The number of methoxy groups -OCH3 is 1. The molecule has 2 N–H and O–H groups in total. The van der Waals surface area contributed by atoms with Crippen LogP contribution in [0.3, 0.4) is 0 Å². The van der Waals surface area contributed by atoms with E-state index in [9.17, 15) is 14.4 Å². The van der Waals surface area contributed by atoms with Crippen molar-refractivity contribution in [3.63, 3.8) is 0 Å². The van der Waals surface area contributed by atoms with Crippen LogP contribution in [0.15, 0.2) is 44.8 Å². The molecule has 0 amide bonds. The third kappa shape index (κ3) is 2.59. The summed E-state index contributed by atoms with van der Waals surface area (Å²) < 4.78 is 19.2. The lowest BCUT2D eigenvalue weighted by molar-refractivity contribution is 0.390. The molecule has 5 nitrogen and oxygen atoms in total. The summed E-state index contributed by atoms with van der Waals surface area (Å²) in [4.78, 5) is 14.4. The topological polar surface area (TPSA) is 77.9 Å². The number of aromatic nitrogens is 1. The second-order valence-electron chi connectivity index (χ2n) is 5.38. The fraction of sp³-hybridized carbons (Fsp3) is 0.176. The molecule has 3 rings (SSSR count). The summed E-state index contributed by atoms with van der Waals surface area (Å²) in [7, 11) is 1.44. The quantitative estimate of drug-likeness (QED) is 0.821. The van der Waals surface area contributed by atoms with Crippen molar-refractivity contribution < 1.29 is 9.13 Å². The average molecular weight is 390 g/mol. The van der Waals surface area contributed by atoms with Crippen LogP contribution in [-0.2, 0) is 0 Å². The van der Waals surface area contributed by atoms with Gasteiger partial charge in [-0.1, -0.05) is 6.07 Å². The number of H-pyrrole nitrogens is 1. The monoisotopic (exact) mass is 389 g/mol. The maximum absolute atomic E-state index is 13.6. The van der Waals surface area contributed by atoms with Gasteiger partial charge in [0.2, 0.25) is 0 Å². The van der Waals surface area contributed by atoms with Crippen LogP contribution in [-0.4, -0.2) is 12.1 Å². The predicted octanol–water partition coefficient (Wildman–Crippen LogP) is 3.64. The van der Waals surface area contributed by atoms with Gasteiger partial charge in [-0.05, 0) is 40.5 Å². The first-order valence-corrected chi connectivity index (χ1v) is 7.89. The number of benzene rings is 1. The third-order valence-corrected chi connectivity index (χ3v) is 4.56. The summed E-state index contributed by atoms with van der Waals surface area (Å²) in [5, 5.41) is 12.7. The molecule has 1 aliphatic heterocycles. The average Bonchev–Trinajstić information content (AvgIpc) is 2.55. The number of allylic oxidation sites excluding steroid dienone is 2. The molecule has 1 unspecified atom stereocenters. The number of aromatic amines is 1. The normalized spacial score (nSPS) is 16.2. The van der Waals surface area contributed by atoms with Gasteiger partial charge in [0.05, 0.1) is 34.8 Å². The lowest BCUT2D eigenvalue weighted by atomic mass is 9.82. The van der Waals surface area contributed by atoms with E-state index in [4.69, 9.17) is 4.74 Å². The summed E-state index contributed by atoms with van der Waals surface area (Å²) in [6.07, 6.45) is 0. The lowest BCUT2D eigenvalue weighted by Gasteiger charge is -2.29. The van der Waals surface area contributed by atoms with Crippen LogP contribution in [0.25, 0.3) is 0 Å². The molecular formula is C17H13BrFN3O2. The molecule has 0 radical (unpaired) electrons. The second kappa shape index (κ2) is 6.13. The summed E-state index contributed by atoms with van der Waals surface area (Å²) in [5.74, 6) is -0.591. The van der Waals surface area contributed by atoms with Crippen molar-refractivity contribution in [2.45, 2.75) is 12.8 Å². The van der Waals surface area contributed by atoms with Gasteiger partial charge in [0.1, 0.15) is 5.82 Å². The molecule has 24 heavy (non-hydrogen) atoms. The molecule has 0 fully saturated rings. The van der Waals surface area contributed by atoms with Crippen molar-refractivity contribution in [1.29, 1.82) is 5.26 Å². The van der Waals surface area contributed by atoms with Crippen molar-refractivity contribution >= 4 is 21.6 Å². The Hall–Kier alpha value is -2.59. The molecular weight excluding hydrogens is 377 g/mol. The SMILES string of the molecule is COc1[nH]c(=O)cc2c1C(c1ccc(F)c(Br)c1)C(C#N)=C(C)N2. The van der Waals surface area contributed by atoms with Gasteiger partial charge in [0.15, 0.2) is 5.88 Å². The first kappa shape index (κ1) is 16.3. The van der Waals surface area contributed by atoms with Gasteiger partial charge in [0.25, 0.3) is 5.56 Å². The highest BCUT2D eigenvalue weighted by Gasteiger charge is 2.32. The number of pyridine rings is 1. The first-order valence-electron chi connectivity index (χ1n) is 7.10. The highest BCUT2D eigenvalue weighted by atomic mass is 79.9. The summed E-state index contributed by atoms with van der Waals surface area (Å²) in [6.45, 7) is 1.76. The Morgan fingerprint density at radius 1 is 1.38 bits per heavy atom. The van der Waals surface area contributed by atoms with Gasteiger partial charge in [-0.25, -0.2) is 4.39 Å². The van der Waals surface area contributed by atoms with Crippen LogP contribution in [0, 0.1) is 17.1 Å². The van der Waals surface area contributed by atoms with Crippen LogP contribution in [0.2, 0.25) is 0 Å². The van der Waals surface area contributed by atoms with Crippen molar-refractivity contribution in [2.24, 2.45) is 0 Å². The molecule has 0 aliphatic carbocycles. The number of anilines is 1. The molecule has 1 atom stereocenters. The number of halogens is 2. The van der Waals surface area contributed by atoms with Gasteiger partial charge in [-0.15, -0.1) is 0 Å². The molecule has 1 aromatic carbocycles. The fourth-order valence-corrected chi connectivity index (χ4v) is 3.30. The molecule has 1 aliphatic rings. The number of fused-ring (bicyclic) bond motifs is 1. The minimum Gasteiger partial charge on any atom is -0.482 e. The van der Waals surface area contributed by atoms with E-state index >= 15 is 0 Å². The Labute approximate surface area is 145 Å². The van der Waals surface area contributed by atoms with Crippen molar-refractivity contribution in [3.8, 4) is 11.9 Å². The second-order valence-corrected chi connectivity index (χ2v) is 6.23. The van der Waals surface area contributed by atoms with Crippen LogP contribution in [0.5, 0.6) is 5.88 Å². The van der Waals surface area contributed by atoms with Gasteiger partial charge >= 0.3 is 0 Å². The molecule has 0 saturated carbocycles. The zero-order valence-corrected chi connectivity index (χ0v) is 14.5. The molecule has 122 valence electrons. The Morgan fingerprint density at radius 3 is 2.75 bits per heavy atom. The largest absolute Gasteiger partial charge is 0.482 e. The number of nitriles is 1. The maximum atomic E-state index is 13.6. The van der Waals surface area contributed by atoms with Gasteiger partial charge in [-0.3, -0.25) is 9.78 Å². The minimum absolute atomic E-state index is 0.274. The van der Waals surface area contributed by atoms with Crippen LogP contribution < -0.4 is 15.6 Å². The third-order valence-electron chi connectivity index (χ3n) is 3.95. The Kier molecular flexibility index (Phi) is 4.16. The number of nitrogens with zero attached hydrogens (tertiary/aromatic N) is 1. The van der Waals surface area contributed by atoms with E-state index in [2.05, 4.69) is 32.3 Å². The van der Waals surface area contributed by atoms with Crippen LogP contribution >= 0.6 is 15.9 Å². The Bertz CT molecular complexity index is 959. The smallest absolute Gasteiger partial charge is 0.252 e. The van der Waals surface area contributed by atoms with E-state index < -0.39 is 5.92 Å². The van der Waals surface area contributed by atoms with E-state index in [1.807, 2.05) is 0 Å². The number of nitrogens with one attached hydrogen (secondary N) is 2. The highest BCUT2D eigenvalue weighted by Crippen LogP contribution is 2.44. The standard InChI is InChI=1S/C17H13BrFN3O2/c1-8-10(7-20)15(9-3-4-12(19)11(18)5-9)16-13(21-8)6-14(23)22-17(16)24-2/h3-6,15,21H,1-2H3,(H,22,23). The van der Waals surface area contributed by atoms with Crippen LogP contribution in [0.4, 0.5) is 10.1 Å². The van der Waals surface area contributed by atoms with E-state index in [1.165, 1.54) is 19.2 Å².